The first-order valence-corrected chi connectivity index (χ1v) is 13.6. The second-order valence-corrected chi connectivity index (χ2v) is 10.5. The lowest BCUT2D eigenvalue weighted by Crippen LogP contribution is -2.45. The number of fused-ring (bicyclic) bond motifs is 1. The highest BCUT2D eigenvalue weighted by atomic mass is 35.5. The van der Waals surface area contributed by atoms with Gasteiger partial charge in [-0.25, -0.2) is 0 Å². The summed E-state index contributed by atoms with van der Waals surface area (Å²) in [5.74, 6) is -2.05. The Morgan fingerprint density at radius 3 is 2.49 bits per heavy atom. The third-order valence-electron chi connectivity index (χ3n) is 6.75. The van der Waals surface area contributed by atoms with Gasteiger partial charge in [-0.15, -0.1) is 0 Å². The average molecular weight is 605 g/mol. The summed E-state index contributed by atoms with van der Waals surface area (Å²) in [5.41, 5.74) is 1.87. The molecule has 1 fully saturated rings. The van der Waals surface area contributed by atoms with Gasteiger partial charge in [-0.05, 0) is 53.6 Å². The van der Waals surface area contributed by atoms with Gasteiger partial charge in [-0.3, -0.25) is 24.3 Å². The number of Topliss-reactive ketones (excluding diaryl/α,β-unsaturated/α-hetero) is 1. The number of pyridine rings is 1. The summed E-state index contributed by atoms with van der Waals surface area (Å²) in [4.78, 5) is 43.3. The normalized spacial score (nSPS) is 15.5. The molecule has 2 aromatic carbocycles. The number of hydrogen-bond acceptors (Lipinski definition) is 7. The molecule has 1 aromatic heterocycles. The molecule has 0 spiro atoms. The molecule has 0 N–H and O–H groups in total. The largest absolute Gasteiger partial charge is 0.489 e. The summed E-state index contributed by atoms with van der Waals surface area (Å²) < 4.78 is 42.4. The first kappa shape index (κ1) is 28.8. The molecule has 1 amide bonds. The number of carbonyl (C=O) groups excluding carboxylic acids is 3. The highest BCUT2D eigenvalue weighted by Crippen LogP contribution is 2.38. The first-order chi connectivity index (χ1) is 19.7. The van der Waals surface area contributed by atoms with Crippen molar-refractivity contribution in [1.29, 1.82) is 0 Å². The maximum absolute atomic E-state index is 13.3. The zero-order chi connectivity index (χ0) is 29.1. The number of aromatic nitrogens is 1. The fourth-order valence-corrected chi connectivity index (χ4v) is 5.00. The van der Waals surface area contributed by atoms with Crippen LogP contribution in [0.3, 0.4) is 0 Å². The molecular formula is C29H24Cl2F2N2O6. The summed E-state index contributed by atoms with van der Waals surface area (Å²) in [7, 11) is 0. The lowest BCUT2D eigenvalue weighted by molar-refractivity contribution is -0.148. The number of ether oxygens (including phenoxy) is 3. The standard InChI is InChI=1S/C29H24Cl2F2N2O6/c30-20-12-34-13-21(31)19(20)11-25(18-7-8-24(41-29(32)33)26(10-18)39-15-16-5-6-16)40-27(37)14-35-22-4-2-1-3-17(22)9-23(36)28(35)38/h1-4,7-8,10,12-13,16,25,29H,5-6,9,11,14-15H2/t25-/m0/s1. The maximum atomic E-state index is 13.3. The van der Waals surface area contributed by atoms with Crippen LogP contribution in [0.5, 0.6) is 11.5 Å². The van der Waals surface area contributed by atoms with E-state index >= 15 is 0 Å². The van der Waals surface area contributed by atoms with E-state index in [9.17, 15) is 23.2 Å². The minimum Gasteiger partial charge on any atom is -0.489 e. The Morgan fingerprint density at radius 2 is 1.78 bits per heavy atom. The summed E-state index contributed by atoms with van der Waals surface area (Å²) in [6.07, 6.45) is 3.64. The predicted molar refractivity (Wildman–Crippen MR) is 146 cm³/mol. The van der Waals surface area contributed by atoms with E-state index in [2.05, 4.69) is 9.72 Å². The Morgan fingerprint density at radius 1 is 1.05 bits per heavy atom. The van der Waals surface area contributed by atoms with Crippen molar-refractivity contribution >= 4 is 46.5 Å². The van der Waals surface area contributed by atoms with Crippen molar-refractivity contribution in [3.63, 3.8) is 0 Å². The molecule has 0 saturated heterocycles. The van der Waals surface area contributed by atoms with Crippen molar-refractivity contribution in [2.24, 2.45) is 5.92 Å². The Balaban J connectivity index is 1.45. The van der Waals surface area contributed by atoms with Crippen LogP contribution in [0.4, 0.5) is 14.5 Å². The number of benzene rings is 2. The number of esters is 1. The number of para-hydroxylation sites is 1. The molecule has 5 rings (SSSR count). The third-order valence-corrected chi connectivity index (χ3v) is 7.40. The monoisotopic (exact) mass is 604 g/mol. The van der Waals surface area contributed by atoms with Gasteiger partial charge < -0.3 is 14.2 Å². The van der Waals surface area contributed by atoms with Gasteiger partial charge in [0, 0.05) is 30.9 Å². The zero-order valence-corrected chi connectivity index (χ0v) is 23.0. The van der Waals surface area contributed by atoms with Crippen molar-refractivity contribution in [1.82, 2.24) is 4.98 Å². The summed E-state index contributed by atoms with van der Waals surface area (Å²) in [6.45, 7) is -3.28. The highest BCUT2D eigenvalue weighted by Gasteiger charge is 2.33. The number of ketones is 1. The molecule has 0 radical (unpaired) electrons. The molecule has 1 aliphatic carbocycles. The zero-order valence-electron chi connectivity index (χ0n) is 21.5. The van der Waals surface area contributed by atoms with Crippen molar-refractivity contribution in [2.45, 2.75) is 38.4 Å². The van der Waals surface area contributed by atoms with E-state index in [1.807, 2.05) is 0 Å². The van der Waals surface area contributed by atoms with Crippen LogP contribution in [-0.4, -0.2) is 42.4 Å². The minimum atomic E-state index is -3.07. The summed E-state index contributed by atoms with van der Waals surface area (Å²) in [5, 5.41) is 0.458. The molecule has 214 valence electrons. The van der Waals surface area contributed by atoms with Crippen LogP contribution in [0.25, 0.3) is 0 Å². The molecule has 2 aliphatic rings. The molecule has 8 nitrogen and oxygen atoms in total. The number of anilines is 1. The van der Waals surface area contributed by atoms with Crippen LogP contribution < -0.4 is 14.4 Å². The molecule has 1 saturated carbocycles. The van der Waals surface area contributed by atoms with E-state index in [1.165, 1.54) is 30.6 Å². The van der Waals surface area contributed by atoms with Crippen molar-refractivity contribution < 1.29 is 37.4 Å². The number of nitrogens with zero attached hydrogens (tertiary/aromatic N) is 2. The highest BCUT2D eigenvalue weighted by molar-refractivity contribution is 6.43. The molecule has 3 aromatic rings. The second kappa shape index (κ2) is 12.4. The van der Waals surface area contributed by atoms with Gasteiger partial charge >= 0.3 is 12.6 Å². The number of hydrogen-bond donors (Lipinski definition) is 0. The van der Waals surface area contributed by atoms with Gasteiger partial charge in [0.05, 0.1) is 16.7 Å². The molecular weight excluding hydrogens is 581 g/mol. The van der Waals surface area contributed by atoms with Gasteiger partial charge in [0.2, 0.25) is 5.78 Å². The van der Waals surface area contributed by atoms with E-state index in [-0.39, 0.29) is 34.4 Å². The van der Waals surface area contributed by atoms with E-state index in [0.29, 0.717) is 34.9 Å². The molecule has 41 heavy (non-hydrogen) atoms. The Bertz CT molecular complexity index is 1460. The maximum Gasteiger partial charge on any atom is 0.387 e. The lowest BCUT2D eigenvalue weighted by Gasteiger charge is -2.28. The molecule has 0 unspecified atom stereocenters. The fourth-order valence-electron chi connectivity index (χ4n) is 4.48. The van der Waals surface area contributed by atoms with Crippen LogP contribution in [-0.2, 0) is 32.0 Å². The second-order valence-electron chi connectivity index (χ2n) is 9.72. The van der Waals surface area contributed by atoms with Crippen molar-refractivity contribution in [3.05, 3.63) is 81.6 Å². The molecule has 2 heterocycles. The average Bonchev–Trinajstić information content (AvgIpc) is 3.76. The summed E-state index contributed by atoms with van der Waals surface area (Å²) in [6, 6.07) is 11.0. The topological polar surface area (TPSA) is 95.0 Å². The number of alkyl halides is 2. The van der Waals surface area contributed by atoms with E-state index in [1.54, 1.807) is 24.3 Å². The van der Waals surface area contributed by atoms with Gasteiger partial charge in [0.25, 0.3) is 5.91 Å². The van der Waals surface area contributed by atoms with Gasteiger partial charge in [0.15, 0.2) is 11.5 Å². The van der Waals surface area contributed by atoms with Gasteiger partial charge in [-0.1, -0.05) is 47.5 Å². The van der Waals surface area contributed by atoms with Crippen LogP contribution in [0, 0.1) is 5.92 Å². The molecule has 12 heteroatoms. The van der Waals surface area contributed by atoms with Gasteiger partial charge in [-0.2, -0.15) is 8.78 Å². The number of amides is 1. The lowest BCUT2D eigenvalue weighted by atomic mass is 10.00. The quantitative estimate of drug-likeness (QED) is 0.203. The first-order valence-electron chi connectivity index (χ1n) is 12.8. The van der Waals surface area contributed by atoms with Crippen molar-refractivity contribution in [3.8, 4) is 11.5 Å². The molecule has 1 aliphatic heterocycles. The minimum absolute atomic E-state index is 0.00743. The number of rotatable bonds is 11. The molecule has 0 bridgehead atoms. The number of halogens is 4. The van der Waals surface area contributed by atoms with E-state index in [0.717, 1.165) is 17.7 Å². The smallest absolute Gasteiger partial charge is 0.387 e. The van der Waals surface area contributed by atoms with Crippen LogP contribution in [0.2, 0.25) is 10.0 Å². The Labute approximate surface area is 244 Å². The molecule has 1 atom stereocenters. The predicted octanol–water partition coefficient (Wildman–Crippen LogP) is 5.76. The van der Waals surface area contributed by atoms with Crippen LogP contribution in [0.15, 0.2) is 54.9 Å². The van der Waals surface area contributed by atoms with E-state index in [4.69, 9.17) is 32.7 Å². The Kier molecular flexibility index (Phi) is 8.70. The SMILES string of the molecule is O=C(CN1C(=O)C(=O)Cc2ccccc21)O[C@@H](Cc1c(Cl)cncc1Cl)c1ccc(OC(F)F)c(OCC2CC2)c1. The van der Waals surface area contributed by atoms with E-state index < -0.39 is 36.9 Å². The third kappa shape index (κ3) is 6.94. The van der Waals surface area contributed by atoms with Gasteiger partial charge in [0.1, 0.15) is 12.6 Å². The fraction of sp³-hybridized carbons (Fsp3) is 0.310. The van der Waals surface area contributed by atoms with Crippen LogP contribution in [0.1, 0.15) is 35.6 Å². The summed E-state index contributed by atoms with van der Waals surface area (Å²) >= 11 is 12.7. The van der Waals surface area contributed by atoms with Crippen LogP contribution >= 0.6 is 23.2 Å². The van der Waals surface area contributed by atoms with Crippen molar-refractivity contribution in [2.75, 3.05) is 18.1 Å². The Hall–Kier alpha value is -3.76. The number of carbonyl (C=O) groups is 3.